The van der Waals surface area contributed by atoms with Crippen LogP contribution in [0.25, 0.3) is 0 Å². The molecule has 80 valence electrons. The topological polar surface area (TPSA) is 46.5 Å². The van der Waals surface area contributed by atoms with Gasteiger partial charge in [0, 0.05) is 5.57 Å². The maximum Gasteiger partial charge on any atom is 0.331 e. The molecule has 1 heterocycles. The van der Waals surface area contributed by atoms with Crippen molar-refractivity contribution < 1.29 is 14.6 Å². The van der Waals surface area contributed by atoms with Gasteiger partial charge in [0.2, 0.25) is 0 Å². The van der Waals surface area contributed by atoms with Gasteiger partial charge in [0.15, 0.2) is 0 Å². The molecule has 0 aromatic rings. The molecule has 3 heteroatoms. The lowest BCUT2D eigenvalue weighted by molar-refractivity contribution is -0.132. The molecular formula is C11H18O3. The predicted molar refractivity (Wildman–Crippen MR) is 54.2 cm³/mol. The minimum atomic E-state index is -0.765. The third-order valence-corrected chi connectivity index (χ3v) is 2.73. The summed E-state index contributed by atoms with van der Waals surface area (Å²) in [4.78, 5) is 10.9. The molecule has 1 fully saturated rings. The Labute approximate surface area is 84.8 Å². The molecule has 1 aliphatic rings. The second kappa shape index (κ2) is 5.15. The van der Waals surface area contributed by atoms with Crippen LogP contribution < -0.4 is 0 Å². The fourth-order valence-electron chi connectivity index (χ4n) is 1.87. The number of rotatable bonds is 3. The average molecular weight is 198 g/mol. The summed E-state index contributed by atoms with van der Waals surface area (Å²) in [6.45, 7) is 4.64. The van der Waals surface area contributed by atoms with Gasteiger partial charge in [-0.1, -0.05) is 19.4 Å². The molecule has 0 radical (unpaired) electrons. The largest absolute Gasteiger partial charge is 0.478 e. The molecule has 0 aliphatic carbocycles. The summed E-state index contributed by atoms with van der Waals surface area (Å²) in [5.41, 5.74) is 1.67. The quantitative estimate of drug-likeness (QED) is 0.708. The number of carbonyl (C=O) groups is 1. The molecule has 1 N–H and O–H groups in total. The van der Waals surface area contributed by atoms with Gasteiger partial charge in [-0.15, -0.1) is 0 Å². The fourth-order valence-corrected chi connectivity index (χ4v) is 1.87. The first-order chi connectivity index (χ1) is 6.69. The Hall–Kier alpha value is -0.830. The molecule has 0 aromatic heterocycles. The summed E-state index contributed by atoms with van der Waals surface area (Å²) >= 11 is 0. The second-order valence-electron chi connectivity index (χ2n) is 3.60. The minimum absolute atomic E-state index is 0.222. The molecule has 0 aromatic carbocycles. The highest BCUT2D eigenvalue weighted by Crippen LogP contribution is 2.25. The van der Waals surface area contributed by atoms with Gasteiger partial charge in [-0.3, -0.25) is 0 Å². The van der Waals surface area contributed by atoms with E-state index in [1.165, 1.54) is 0 Å². The Kier molecular flexibility index (Phi) is 4.14. The third-order valence-electron chi connectivity index (χ3n) is 2.73. The maximum atomic E-state index is 10.9. The third kappa shape index (κ3) is 2.58. The molecule has 1 unspecified atom stereocenters. The van der Waals surface area contributed by atoms with Gasteiger partial charge in [-0.05, 0) is 25.7 Å². The first-order valence-corrected chi connectivity index (χ1v) is 5.24. The zero-order valence-electron chi connectivity index (χ0n) is 8.88. The van der Waals surface area contributed by atoms with Crippen molar-refractivity contribution in [1.82, 2.24) is 0 Å². The van der Waals surface area contributed by atoms with E-state index >= 15 is 0 Å². The first kappa shape index (κ1) is 11.2. The Morgan fingerprint density at radius 2 is 2.29 bits per heavy atom. The highest BCUT2D eigenvalue weighted by molar-refractivity contribution is 5.87. The van der Waals surface area contributed by atoms with Crippen LogP contribution in [-0.2, 0) is 9.53 Å². The zero-order chi connectivity index (χ0) is 10.6. The maximum absolute atomic E-state index is 10.9. The number of hydrogen-bond acceptors (Lipinski definition) is 2. The molecule has 1 rings (SSSR count). The van der Waals surface area contributed by atoms with Crippen LogP contribution in [0.2, 0.25) is 0 Å². The lowest BCUT2D eigenvalue weighted by Crippen LogP contribution is -2.22. The van der Waals surface area contributed by atoms with E-state index in [2.05, 4.69) is 6.92 Å². The van der Waals surface area contributed by atoms with Crippen molar-refractivity contribution in [2.24, 2.45) is 0 Å². The van der Waals surface area contributed by atoms with Gasteiger partial charge < -0.3 is 9.84 Å². The van der Waals surface area contributed by atoms with E-state index in [-0.39, 0.29) is 6.10 Å². The summed E-state index contributed by atoms with van der Waals surface area (Å²) in [5.74, 6) is -0.765. The van der Waals surface area contributed by atoms with E-state index < -0.39 is 5.97 Å². The average Bonchev–Trinajstić information content (AvgIpc) is 2.19. The highest BCUT2D eigenvalue weighted by Gasteiger charge is 2.20. The second-order valence-corrected chi connectivity index (χ2v) is 3.60. The van der Waals surface area contributed by atoms with Gasteiger partial charge in [0.05, 0.1) is 12.7 Å². The minimum Gasteiger partial charge on any atom is -0.478 e. The summed E-state index contributed by atoms with van der Waals surface area (Å²) < 4.78 is 5.50. The van der Waals surface area contributed by atoms with Crippen molar-refractivity contribution in [3.8, 4) is 0 Å². The Morgan fingerprint density at radius 3 is 2.79 bits per heavy atom. The van der Waals surface area contributed by atoms with Crippen LogP contribution in [0.1, 0.15) is 39.5 Å². The smallest absolute Gasteiger partial charge is 0.331 e. The van der Waals surface area contributed by atoms with Gasteiger partial charge >= 0.3 is 5.97 Å². The van der Waals surface area contributed by atoms with E-state index in [9.17, 15) is 4.79 Å². The van der Waals surface area contributed by atoms with Crippen molar-refractivity contribution in [3.63, 3.8) is 0 Å². The molecule has 14 heavy (non-hydrogen) atoms. The molecule has 0 bridgehead atoms. The molecule has 0 saturated carbocycles. The highest BCUT2D eigenvalue weighted by atomic mass is 16.5. The molecule has 1 atom stereocenters. The predicted octanol–water partition coefficient (Wildman–Crippen LogP) is 2.37. The van der Waals surface area contributed by atoms with E-state index in [4.69, 9.17) is 9.84 Å². The molecule has 0 spiro atoms. The van der Waals surface area contributed by atoms with Crippen molar-refractivity contribution >= 4 is 5.97 Å². The summed E-state index contributed by atoms with van der Waals surface area (Å²) in [5, 5.41) is 8.99. The van der Waals surface area contributed by atoms with Crippen LogP contribution in [0.3, 0.4) is 0 Å². The lowest BCUT2D eigenvalue weighted by atomic mass is 9.94. The summed E-state index contributed by atoms with van der Waals surface area (Å²) in [6.07, 6.45) is 3.37. The molecule has 3 nitrogen and oxygen atoms in total. The van der Waals surface area contributed by atoms with E-state index in [1.54, 1.807) is 0 Å². The van der Waals surface area contributed by atoms with Gasteiger partial charge in [0.25, 0.3) is 0 Å². The summed E-state index contributed by atoms with van der Waals surface area (Å²) in [7, 11) is 0. The van der Waals surface area contributed by atoms with Crippen LogP contribution in [0, 0.1) is 0 Å². The van der Waals surface area contributed by atoms with Gasteiger partial charge in [-0.25, -0.2) is 4.79 Å². The summed E-state index contributed by atoms with van der Waals surface area (Å²) in [6, 6.07) is 0. The molecule has 1 aliphatic heterocycles. The van der Waals surface area contributed by atoms with Crippen molar-refractivity contribution in [3.05, 3.63) is 11.1 Å². The number of carboxylic acid groups (broad SMARTS) is 1. The van der Waals surface area contributed by atoms with Crippen LogP contribution in [-0.4, -0.2) is 23.8 Å². The first-order valence-electron chi connectivity index (χ1n) is 5.24. The van der Waals surface area contributed by atoms with E-state index in [0.29, 0.717) is 18.6 Å². The van der Waals surface area contributed by atoms with E-state index in [1.807, 2.05) is 6.92 Å². The molecular weight excluding hydrogens is 180 g/mol. The van der Waals surface area contributed by atoms with Gasteiger partial charge in [-0.2, -0.15) is 0 Å². The fraction of sp³-hybridized carbons (Fsp3) is 0.727. The van der Waals surface area contributed by atoms with Crippen LogP contribution in [0.5, 0.6) is 0 Å². The van der Waals surface area contributed by atoms with Crippen molar-refractivity contribution in [2.75, 3.05) is 6.61 Å². The standard InChI is InChI=1S/C11H18O3/c1-3-9-7-8(5-6-14-9)10(4-2)11(12)13/h9H,3-7H2,1-2H3,(H,12,13)/b10-8+. The lowest BCUT2D eigenvalue weighted by Gasteiger charge is -2.25. The number of hydrogen-bond donors (Lipinski definition) is 1. The van der Waals surface area contributed by atoms with Crippen molar-refractivity contribution in [1.29, 1.82) is 0 Å². The number of aliphatic carboxylic acids is 1. The molecule has 0 amide bonds. The Bertz CT molecular complexity index is 243. The Morgan fingerprint density at radius 1 is 1.57 bits per heavy atom. The van der Waals surface area contributed by atoms with E-state index in [0.717, 1.165) is 24.8 Å². The molecule has 1 saturated heterocycles. The monoisotopic (exact) mass is 198 g/mol. The number of ether oxygens (including phenoxy) is 1. The normalized spacial score (nSPS) is 26.0. The van der Waals surface area contributed by atoms with Crippen LogP contribution in [0.15, 0.2) is 11.1 Å². The van der Waals surface area contributed by atoms with Crippen LogP contribution >= 0.6 is 0 Å². The SMILES string of the molecule is CC/C(C(=O)O)=C1/CCOC(CC)C1. The van der Waals surface area contributed by atoms with Crippen LogP contribution in [0.4, 0.5) is 0 Å². The zero-order valence-corrected chi connectivity index (χ0v) is 8.88. The number of carboxylic acids is 1. The van der Waals surface area contributed by atoms with Crippen molar-refractivity contribution in [2.45, 2.75) is 45.6 Å². The van der Waals surface area contributed by atoms with Gasteiger partial charge in [0.1, 0.15) is 0 Å². The Balaban J connectivity index is 2.78.